The van der Waals surface area contributed by atoms with Gasteiger partial charge in [0, 0.05) is 11.8 Å². The van der Waals surface area contributed by atoms with E-state index in [9.17, 15) is 22.8 Å². The van der Waals surface area contributed by atoms with Crippen molar-refractivity contribution >= 4 is 28.5 Å². The van der Waals surface area contributed by atoms with Crippen LogP contribution >= 0.6 is 0 Å². The number of benzene rings is 1. The van der Waals surface area contributed by atoms with Gasteiger partial charge in [0.2, 0.25) is 5.76 Å². The fraction of sp³-hybridized carbons (Fsp3) is 0.200. The van der Waals surface area contributed by atoms with Crippen LogP contribution in [0.1, 0.15) is 50.8 Å². The molecular formula is C20H16F3N7O3. The number of amides is 2. The number of fused-ring (bicyclic) bond motifs is 1. The van der Waals surface area contributed by atoms with Crippen LogP contribution < -0.4 is 10.6 Å². The molecule has 4 rings (SSSR count). The van der Waals surface area contributed by atoms with E-state index in [1.165, 1.54) is 37.6 Å². The number of hydrogen-bond donors (Lipinski definition) is 3. The maximum absolute atomic E-state index is 13.1. The average molecular weight is 459 g/mol. The molecule has 2 amide bonds. The summed E-state index contributed by atoms with van der Waals surface area (Å²) in [5.74, 6) is -1.55. The van der Waals surface area contributed by atoms with Gasteiger partial charge in [-0.25, -0.2) is 9.97 Å². The molecule has 13 heteroatoms. The number of aromatic amines is 1. The molecule has 0 radical (unpaired) electrons. The molecule has 0 unspecified atom stereocenters. The molecule has 1 aromatic carbocycles. The summed E-state index contributed by atoms with van der Waals surface area (Å²) < 4.78 is 44.3. The molecule has 4 aromatic rings. The molecular weight excluding hydrogens is 443 g/mol. The maximum Gasteiger partial charge on any atom is 0.416 e. The molecule has 170 valence electrons. The smallest absolute Gasteiger partial charge is 0.351 e. The summed E-state index contributed by atoms with van der Waals surface area (Å²) in [6, 6.07) is 4.06. The van der Waals surface area contributed by atoms with Crippen LogP contribution in [0.15, 0.2) is 41.3 Å². The Kier molecular flexibility index (Phi) is 5.54. The highest BCUT2D eigenvalue weighted by molar-refractivity contribution is 6.03. The first-order chi connectivity index (χ1) is 15.6. The predicted octanol–water partition coefficient (Wildman–Crippen LogP) is 3.41. The van der Waals surface area contributed by atoms with Crippen molar-refractivity contribution in [1.82, 2.24) is 30.6 Å². The van der Waals surface area contributed by atoms with E-state index >= 15 is 0 Å². The third-order valence-corrected chi connectivity index (χ3v) is 4.81. The quantitative estimate of drug-likeness (QED) is 0.416. The second kappa shape index (κ2) is 8.33. The van der Waals surface area contributed by atoms with Crippen molar-refractivity contribution in [1.29, 1.82) is 0 Å². The molecule has 0 saturated carbocycles. The van der Waals surface area contributed by atoms with Gasteiger partial charge in [-0.2, -0.15) is 18.3 Å². The lowest BCUT2D eigenvalue weighted by atomic mass is 10.1. The first-order valence-electron chi connectivity index (χ1n) is 9.54. The van der Waals surface area contributed by atoms with Crippen LogP contribution in [0.5, 0.6) is 0 Å². The predicted molar refractivity (Wildman–Crippen MR) is 108 cm³/mol. The second-order valence-electron chi connectivity index (χ2n) is 7.15. The topological polar surface area (TPSA) is 139 Å². The molecule has 0 fully saturated rings. The lowest BCUT2D eigenvalue weighted by molar-refractivity contribution is -0.138. The summed E-state index contributed by atoms with van der Waals surface area (Å²) in [6.07, 6.45) is -1.92. The molecule has 1 atom stereocenters. The van der Waals surface area contributed by atoms with Crippen LogP contribution in [0.25, 0.3) is 11.0 Å². The number of H-pyrrole nitrogens is 1. The summed E-state index contributed by atoms with van der Waals surface area (Å²) in [7, 11) is 0. The first kappa shape index (κ1) is 21.9. The van der Waals surface area contributed by atoms with Crippen LogP contribution in [0.3, 0.4) is 0 Å². The van der Waals surface area contributed by atoms with E-state index in [-0.39, 0.29) is 28.4 Å². The molecule has 3 aromatic heterocycles. The molecule has 0 aliphatic carbocycles. The Morgan fingerprint density at radius 3 is 2.70 bits per heavy atom. The monoisotopic (exact) mass is 459 g/mol. The van der Waals surface area contributed by atoms with Gasteiger partial charge in [0.25, 0.3) is 11.8 Å². The third kappa shape index (κ3) is 4.51. The van der Waals surface area contributed by atoms with Crippen molar-refractivity contribution < 1.29 is 27.3 Å². The summed E-state index contributed by atoms with van der Waals surface area (Å²) in [4.78, 5) is 32.9. The Morgan fingerprint density at radius 1 is 1.15 bits per heavy atom. The fourth-order valence-electron chi connectivity index (χ4n) is 3.08. The number of rotatable bonds is 5. The molecule has 3 heterocycles. The molecule has 0 aliphatic rings. The molecule has 0 spiro atoms. The number of hydrogen-bond acceptors (Lipinski definition) is 7. The normalized spacial score (nSPS) is 12.5. The minimum atomic E-state index is -4.55. The Labute approximate surface area is 183 Å². The number of nitrogens with one attached hydrogen (secondary N) is 3. The van der Waals surface area contributed by atoms with Crippen molar-refractivity contribution in [2.75, 3.05) is 5.32 Å². The molecule has 33 heavy (non-hydrogen) atoms. The first-order valence-corrected chi connectivity index (χ1v) is 9.54. The van der Waals surface area contributed by atoms with Gasteiger partial charge in [-0.1, -0.05) is 11.2 Å². The summed E-state index contributed by atoms with van der Waals surface area (Å²) >= 11 is 0. The zero-order chi connectivity index (χ0) is 23.8. The summed E-state index contributed by atoms with van der Waals surface area (Å²) in [5, 5.41) is 15.7. The van der Waals surface area contributed by atoms with Crippen molar-refractivity contribution in [3.8, 4) is 0 Å². The van der Waals surface area contributed by atoms with Crippen LogP contribution in [0, 0.1) is 6.92 Å². The van der Waals surface area contributed by atoms with Gasteiger partial charge in [0.05, 0.1) is 23.2 Å². The van der Waals surface area contributed by atoms with Gasteiger partial charge >= 0.3 is 6.18 Å². The van der Waals surface area contributed by atoms with Crippen LogP contribution in [-0.2, 0) is 6.18 Å². The van der Waals surface area contributed by atoms with E-state index in [1.807, 2.05) is 0 Å². The largest absolute Gasteiger partial charge is 0.416 e. The second-order valence-corrected chi connectivity index (χ2v) is 7.15. The van der Waals surface area contributed by atoms with Crippen molar-refractivity contribution in [2.24, 2.45) is 0 Å². The summed E-state index contributed by atoms with van der Waals surface area (Å²) in [5.41, 5.74) is -0.152. The number of anilines is 1. The zero-order valence-corrected chi connectivity index (χ0v) is 17.2. The molecule has 0 saturated heterocycles. The summed E-state index contributed by atoms with van der Waals surface area (Å²) in [6.45, 7) is 2.94. The lowest BCUT2D eigenvalue weighted by Crippen LogP contribution is -2.27. The van der Waals surface area contributed by atoms with E-state index in [2.05, 4.69) is 36.0 Å². The number of halogens is 3. The van der Waals surface area contributed by atoms with E-state index in [0.717, 1.165) is 6.07 Å². The number of aryl methyl sites for hydroxylation is 1. The van der Waals surface area contributed by atoms with Crippen molar-refractivity contribution in [3.05, 3.63) is 65.1 Å². The highest BCUT2D eigenvalue weighted by atomic mass is 19.4. The zero-order valence-electron chi connectivity index (χ0n) is 17.2. The maximum atomic E-state index is 13.1. The molecule has 3 N–H and O–H groups in total. The number of nitrogens with zero attached hydrogens (tertiary/aromatic N) is 4. The SMILES string of the molecule is Cc1ccc(NC(=O)c2cc([C@@H](C)NC(=O)c3ncnc4[nH]ncc34)no2)cc1C(F)(F)F. The van der Waals surface area contributed by atoms with Crippen LogP contribution in [0.2, 0.25) is 0 Å². The lowest BCUT2D eigenvalue weighted by Gasteiger charge is -2.12. The number of aromatic nitrogens is 5. The van der Waals surface area contributed by atoms with Gasteiger partial charge < -0.3 is 15.2 Å². The Bertz CT molecular complexity index is 1350. The van der Waals surface area contributed by atoms with Gasteiger partial charge in [-0.05, 0) is 31.5 Å². The van der Waals surface area contributed by atoms with Gasteiger partial charge in [-0.15, -0.1) is 0 Å². The molecule has 0 aliphatic heterocycles. The highest BCUT2D eigenvalue weighted by Crippen LogP contribution is 2.33. The van der Waals surface area contributed by atoms with E-state index < -0.39 is 29.6 Å². The Balaban J connectivity index is 1.46. The standard InChI is InChI=1S/C20H16F3N7O3/c1-9-3-4-11(5-13(9)20(21,22)23)28-18(31)15-6-14(30-33-15)10(2)27-19(32)16-12-7-26-29-17(12)25-8-24-16/h3-8,10H,1-2H3,(H,27,32)(H,28,31)(H,24,25,26,29)/t10-/m1/s1. The fourth-order valence-corrected chi connectivity index (χ4v) is 3.08. The Morgan fingerprint density at radius 2 is 1.94 bits per heavy atom. The minimum absolute atomic E-state index is 0.0309. The Hall–Kier alpha value is -4.29. The highest BCUT2D eigenvalue weighted by Gasteiger charge is 2.32. The van der Waals surface area contributed by atoms with Crippen molar-refractivity contribution in [2.45, 2.75) is 26.1 Å². The van der Waals surface area contributed by atoms with Gasteiger partial charge in [0.15, 0.2) is 5.65 Å². The van der Waals surface area contributed by atoms with Crippen molar-refractivity contribution in [3.63, 3.8) is 0 Å². The molecule has 0 bridgehead atoms. The van der Waals surface area contributed by atoms with Gasteiger partial charge in [-0.3, -0.25) is 14.7 Å². The third-order valence-electron chi connectivity index (χ3n) is 4.81. The number of carbonyl (C=O) groups is 2. The number of carbonyl (C=O) groups excluding carboxylic acids is 2. The average Bonchev–Trinajstić information content (AvgIpc) is 3.43. The molecule has 10 nitrogen and oxygen atoms in total. The number of alkyl halides is 3. The van der Waals surface area contributed by atoms with E-state index in [0.29, 0.717) is 11.0 Å². The van der Waals surface area contributed by atoms with Crippen LogP contribution in [0.4, 0.5) is 18.9 Å². The van der Waals surface area contributed by atoms with Gasteiger partial charge in [0.1, 0.15) is 17.7 Å². The van der Waals surface area contributed by atoms with Crippen LogP contribution in [-0.4, -0.2) is 37.1 Å². The minimum Gasteiger partial charge on any atom is -0.351 e. The van der Waals surface area contributed by atoms with E-state index in [4.69, 9.17) is 4.52 Å². The van der Waals surface area contributed by atoms with E-state index in [1.54, 1.807) is 6.92 Å².